The normalized spacial score (nSPS) is 20.9. The number of halogens is 1. The number of alkyl carbamates (subject to hydrolysis) is 1. The van der Waals surface area contributed by atoms with Gasteiger partial charge in [0.15, 0.2) is 0 Å². The quantitative estimate of drug-likeness (QED) is 0.0738. The Morgan fingerprint density at radius 3 is 2.22 bits per heavy atom. The third-order valence-electron chi connectivity index (χ3n) is 15.4. The molecular weight excluding hydrogens is 952 g/mol. The fraction of sp³-hybridized carbons (Fsp3) is 0.463. The lowest BCUT2D eigenvalue weighted by atomic mass is 9.90. The number of likely N-dealkylation sites (N-methyl/N-ethyl adjacent to an activating group) is 1. The number of aliphatic hydroxyl groups is 1. The van der Waals surface area contributed by atoms with Gasteiger partial charge in [-0.1, -0.05) is 26.0 Å². The number of aromatic nitrogens is 5. The second kappa shape index (κ2) is 20.4. The number of imidazole rings is 2. The van der Waals surface area contributed by atoms with Crippen molar-refractivity contribution in [1.29, 1.82) is 0 Å². The number of aromatic amines is 2. The van der Waals surface area contributed by atoms with Gasteiger partial charge in [0.05, 0.1) is 78.0 Å². The summed E-state index contributed by atoms with van der Waals surface area (Å²) in [5.41, 5.74) is 6.24. The number of rotatable bonds is 13. The van der Waals surface area contributed by atoms with Crippen molar-refractivity contribution in [3.8, 4) is 45.3 Å². The molecule has 0 radical (unpaired) electrons. The maximum Gasteiger partial charge on any atom is 0.407 e. The van der Waals surface area contributed by atoms with E-state index in [0.29, 0.717) is 92.1 Å². The van der Waals surface area contributed by atoms with Crippen molar-refractivity contribution in [1.82, 2.24) is 44.9 Å². The van der Waals surface area contributed by atoms with Gasteiger partial charge in [0.1, 0.15) is 41.6 Å². The molecular formula is C54H63FN10O9. The van der Waals surface area contributed by atoms with Gasteiger partial charge >= 0.3 is 6.09 Å². The molecule has 0 spiro atoms. The predicted octanol–water partition coefficient (Wildman–Crippen LogP) is 7.01. The molecule has 0 unspecified atom stereocenters. The molecule has 0 bridgehead atoms. The lowest BCUT2D eigenvalue weighted by molar-refractivity contribution is -0.147. The van der Waals surface area contributed by atoms with E-state index >= 15 is 4.39 Å². The average Bonchev–Trinajstić information content (AvgIpc) is 4.28. The Kier molecular flexibility index (Phi) is 13.6. The monoisotopic (exact) mass is 1010 g/mol. The van der Waals surface area contributed by atoms with Gasteiger partial charge in [0.2, 0.25) is 24.5 Å². The van der Waals surface area contributed by atoms with Gasteiger partial charge in [0.25, 0.3) is 0 Å². The van der Waals surface area contributed by atoms with E-state index in [2.05, 4.69) is 31.6 Å². The zero-order valence-corrected chi connectivity index (χ0v) is 42.2. The third-order valence-corrected chi connectivity index (χ3v) is 15.4. The molecule has 5 aliphatic rings. The van der Waals surface area contributed by atoms with Crippen LogP contribution in [0.2, 0.25) is 0 Å². The topological polar surface area (TPSA) is 214 Å². The summed E-state index contributed by atoms with van der Waals surface area (Å²) in [6, 6.07) is 15.3. The first kappa shape index (κ1) is 49.2. The number of likely N-dealkylation sites (tertiary alicyclic amines) is 2. The predicted molar refractivity (Wildman–Crippen MR) is 271 cm³/mol. The molecule has 74 heavy (non-hydrogen) atoms. The number of fused-ring (bicyclic) bond motifs is 6. The second-order valence-corrected chi connectivity index (χ2v) is 20.3. The van der Waals surface area contributed by atoms with Crippen LogP contribution in [0.25, 0.3) is 44.7 Å². The molecule has 6 aromatic rings. The van der Waals surface area contributed by atoms with Crippen LogP contribution in [-0.4, -0.2) is 137 Å². The van der Waals surface area contributed by atoms with Crippen LogP contribution in [0.15, 0.2) is 67.0 Å². The molecule has 8 heterocycles. The van der Waals surface area contributed by atoms with Crippen molar-refractivity contribution in [3.63, 3.8) is 0 Å². The van der Waals surface area contributed by atoms with E-state index in [1.807, 2.05) is 72.8 Å². The lowest BCUT2D eigenvalue weighted by Crippen LogP contribution is -2.54. The summed E-state index contributed by atoms with van der Waals surface area (Å²) >= 11 is 0. The second-order valence-electron chi connectivity index (χ2n) is 20.3. The molecule has 19 nitrogen and oxygen atoms in total. The highest BCUT2D eigenvalue weighted by Gasteiger charge is 2.41. The maximum absolute atomic E-state index is 17.1. The van der Waals surface area contributed by atoms with Crippen molar-refractivity contribution >= 4 is 34.5 Å². The van der Waals surface area contributed by atoms with Crippen LogP contribution in [0.3, 0.4) is 0 Å². The summed E-state index contributed by atoms with van der Waals surface area (Å²) in [5, 5.41) is 17.0. The van der Waals surface area contributed by atoms with Gasteiger partial charge in [-0.3, -0.25) is 14.9 Å². The molecule has 3 aromatic heterocycles. The van der Waals surface area contributed by atoms with Crippen LogP contribution in [0.4, 0.5) is 14.9 Å². The minimum Gasteiger partial charge on any atom is -0.490 e. The van der Waals surface area contributed by atoms with Gasteiger partial charge in [0, 0.05) is 62.5 Å². The van der Waals surface area contributed by atoms with E-state index in [1.54, 1.807) is 17.3 Å². The van der Waals surface area contributed by atoms with Crippen molar-refractivity contribution in [2.24, 2.45) is 11.8 Å². The van der Waals surface area contributed by atoms with Gasteiger partial charge in [-0.25, -0.2) is 19.2 Å². The van der Waals surface area contributed by atoms with Crippen molar-refractivity contribution in [3.05, 3.63) is 90.0 Å². The Balaban J connectivity index is 0.917. The summed E-state index contributed by atoms with van der Waals surface area (Å²) in [6.07, 6.45) is 5.10. The number of methoxy groups -OCH3 is 2. The van der Waals surface area contributed by atoms with Gasteiger partial charge in [-0.2, -0.15) is 0 Å². The van der Waals surface area contributed by atoms with E-state index in [-0.39, 0.29) is 35.7 Å². The number of hydrogen-bond acceptors (Lipinski definition) is 13. The largest absolute Gasteiger partial charge is 0.490 e. The number of amides is 3. The zero-order chi connectivity index (χ0) is 51.4. The van der Waals surface area contributed by atoms with E-state index < -0.39 is 36.6 Å². The van der Waals surface area contributed by atoms with Crippen LogP contribution >= 0.6 is 0 Å². The Hall–Kier alpha value is -7.00. The molecule has 0 saturated carbocycles. The number of ether oxygens (including phenoxy) is 5. The van der Waals surface area contributed by atoms with Crippen LogP contribution < -0.4 is 25.0 Å². The smallest absolute Gasteiger partial charge is 0.407 e. The van der Waals surface area contributed by atoms with E-state index in [0.717, 1.165) is 65.0 Å². The number of anilines is 1. The number of H-pyrrole nitrogens is 2. The first-order chi connectivity index (χ1) is 35.9. The number of carbonyl (C=O) groups is 3. The number of nitrogens with one attached hydrogen (secondary N) is 4. The first-order valence-corrected chi connectivity index (χ1v) is 25.6. The molecule has 5 aliphatic heterocycles. The average molecular weight is 1020 g/mol. The Bertz CT molecular complexity index is 3070. The van der Waals surface area contributed by atoms with Gasteiger partial charge in [-0.05, 0) is 92.8 Å². The minimum absolute atomic E-state index is 0.0228. The highest BCUT2D eigenvalue weighted by atomic mass is 19.1. The summed E-state index contributed by atoms with van der Waals surface area (Å²) < 4.78 is 47.7. The Morgan fingerprint density at radius 1 is 0.824 bits per heavy atom. The highest BCUT2D eigenvalue weighted by Crippen LogP contribution is 2.49. The molecule has 3 fully saturated rings. The first-order valence-electron chi connectivity index (χ1n) is 25.6. The number of nitrogens with zero attached hydrogens (tertiary/aromatic N) is 6. The van der Waals surface area contributed by atoms with Crippen molar-refractivity contribution in [2.75, 3.05) is 65.6 Å². The Labute approximate surface area is 427 Å². The number of hydrogen-bond donors (Lipinski definition) is 5. The van der Waals surface area contributed by atoms with Gasteiger partial charge < -0.3 is 63.3 Å². The molecule has 390 valence electrons. The summed E-state index contributed by atoms with van der Waals surface area (Å²) in [4.78, 5) is 62.6. The molecule has 20 heteroatoms. The Morgan fingerprint density at radius 2 is 1.53 bits per heavy atom. The molecule has 3 amide bonds. The van der Waals surface area contributed by atoms with Crippen molar-refractivity contribution in [2.45, 2.75) is 89.2 Å². The molecule has 6 atom stereocenters. The maximum atomic E-state index is 17.1. The highest BCUT2D eigenvalue weighted by molar-refractivity contribution is 5.93. The van der Waals surface area contributed by atoms with Crippen LogP contribution in [0.5, 0.6) is 11.5 Å². The standard InChI is InChI=1S/C54H63FN10O9/c1-29(2)46(60-53(68)70-4)50(66)63-16-6-8-40(63)49-57-28-37(59-49)33-23-35(55)45-42-24-34-22-31(10-12-38(34)65(42)52(74-44(45)26-33)32-11-13-39-43(25-32)73-21-18-62(39)3)36-27-56-48(58-36)41-9-7-17-64(41)51(67)47(61-54(69)71-5)30-14-19-72-20-15-30/h10-13,22-30,40-41,46-47,52,54,61,69H,6-9,14-21H2,1-5H3,(H,56,58)(H,57,59)(H,60,68)/t40-,41-,46-,47-,52-,54+/m0/s1. The fourth-order valence-electron chi connectivity index (χ4n) is 11.5. The van der Waals surface area contributed by atoms with Crippen LogP contribution in [0, 0.1) is 17.7 Å². The van der Waals surface area contributed by atoms with Crippen LogP contribution in [-0.2, 0) is 23.8 Å². The molecule has 3 aromatic carbocycles. The number of aliphatic hydroxyl groups excluding tert-OH is 1. The zero-order valence-electron chi connectivity index (χ0n) is 42.2. The van der Waals surface area contributed by atoms with Crippen molar-refractivity contribution < 1.29 is 47.6 Å². The summed E-state index contributed by atoms with van der Waals surface area (Å²) in [5.74, 6) is 1.29. The molecule has 11 rings (SSSR count). The van der Waals surface area contributed by atoms with E-state index in [9.17, 15) is 19.5 Å². The molecule has 0 aliphatic carbocycles. The fourth-order valence-corrected chi connectivity index (χ4v) is 11.5. The minimum atomic E-state index is -1.29. The summed E-state index contributed by atoms with van der Waals surface area (Å²) in [6.45, 7) is 7.20. The third kappa shape index (κ3) is 9.11. The summed E-state index contributed by atoms with van der Waals surface area (Å²) in [7, 11) is 4.69. The number of benzene rings is 3. The van der Waals surface area contributed by atoms with Crippen LogP contribution in [0.1, 0.15) is 87.9 Å². The van der Waals surface area contributed by atoms with E-state index in [1.165, 1.54) is 20.3 Å². The number of carbonyl (C=O) groups excluding carboxylic acids is 3. The van der Waals surface area contributed by atoms with Gasteiger partial charge in [-0.15, -0.1) is 0 Å². The SMILES string of the molecule is COC(=O)N[C@H](C(=O)N1CCC[C@H]1c1ncc(-c2cc(F)c3c(c2)O[C@@H](c2ccc4c(c2)OCCN4C)n2c-3cc3cc(-c4cnc([C@@H]5CCCN5C(=O)[C@@H](N[C@H](O)OC)C5CCOCC5)[nH]4)ccc32)[nH]1)C(C)C. The van der Waals surface area contributed by atoms with E-state index in [4.69, 9.17) is 33.7 Å². The molecule has 5 N–H and O–H groups in total. The lowest BCUT2D eigenvalue weighted by Gasteiger charge is -2.35. The molecule has 3 saturated heterocycles.